The van der Waals surface area contributed by atoms with Crippen molar-refractivity contribution in [2.75, 3.05) is 18.4 Å². The summed E-state index contributed by atoms with van der Waals surface area (Å²) in [6.07, 6.45) is 10.7. The van der Waals surface area contributed by atoms with Crippen LogP contribution in [0.3, 0.4) is 0 Å². The molecule has 4 rings (SSSR count). The molecule has 1 aliphatic heterocycles. The number of hydrogen-bond donors (Lipinski definition) is 1. The van der Waals surface area contributed by atoms with E-state index >= 15 is 0 Å². The Balaban J connectivity index is 1.47. The summed E-state index contributed by atoms with van der Waals surface area (Å²) < 4.78 is 1.63. The highest BCUT2D eigenvalue weighted by Gasteiger charge is 2.33. The van der Waals surface area contributed by atoms with Crippen molar-refractivity contribution in [2.24, 2.45) is 5.92 Å². The molecule has 1 aromatic carbocycles. The summed E-state index contributed by atoms with van der Waals surface area (Å²) in [7, 11) is 0. The minimum absolute atomic E-state index is 0.000134. The molecule has 1 N–H and O–H groups in total. The normalized spacial score (nSPS) is 23.4. The van der Waals surface area contributed by atoms with Crippen molar-refractivity contribution >= 4 is 23.2 Å². The number of anilines is 1. The first-order valence-corrected chi connectivity index (χ1v) is 9.77. The fraction of sp³-hybridized carbons (Fsp3) is 0.526. The lowest BCUT2D eigenvalue weighted by molar-refractivity contribution is -0.118. The summed E-state index contributed by atoms with van der Waals surface area (Å²) in [6.45, 7) is 1.45. The van der Waals surface area contributed by atoms with Gasteiger partial charge in [-0.05, 0) is 56.3 Å². The number of halogens is 1. The zero-order valence-corrected chi connectivity index (χ0v) is 15.5. The molecule has 1 aromatic heterocycles. The quantitative estimate of drug-likeness (QED) is 0.890. The van der Waals surface area contributed by atoms with E-state index in [1.807, 2.05) is 6.07 Å². The highest BCUT2D eigenvalue weighted by molar-refractivity contribution is 6.31. The average Bonchev–Trinajstić information content (AvgIpc) is 3.16. The predicted molar refractivity (Wildman–Crippen MR) is 102 cm³/mol. The Morgan fingerprint density at radius 1 is 1.23 bits per heavy atom. The van der Waals surface area contributed by atoms with Crippen molar-refractivity contribution in [3.8, 4) is 5.69 Å². The molecule has 6 nitrogen and oxygen atoms in total. The fourth-order valence-electron chi connectivity index (χ4n) is 4.44. The van der Waals surface area contributed by atoms with E-state index in [-0.39, 0.29) is 5.91 Å². The maximum Gasteiger partial charge on any atom is 0.238 e. The Kier molecular flexibility index (Phi) is 5.22. The summed E-state index contributed by atoms with van der Waals surface area (Å²) in [4.78, 5) is 19.1. The molecule has 0 radical (unpaired) electrons. The molecular formula is C19H24ClN5O. The van der Waals surface area contributed by atoms with Gasteiger partial charge in [-0.25, -0.2) is 9.67 Å². The minimum Gasteiger partial charge on any atom is -0.323 e. The SMILES string of the molecule is O=C(CN1CCC[C@@H]2CCCC[C@@H]21)Nc1cc(Cl)ccc1-n1cncn1. The topological polar surface area (TPSA) is 63.1 Å². The van der Waals surface area contributed by atoms with E-state index in [9.17, 15) is 4.79 Å². The first kappa shape index (κ1) is 17.5. The zero-order valence-electron chi connectivity index (χ0n) is 14.8. The van der Waals surface area contributed by atoms with Crippen molar-refractivity contribution < 1.29 is 4.79 Å². The zero-order chi connectivity index (χ0) is 17.9. The number of likely N-dealkylation sites (tertiary alicyclic amines) is 1. The first-order valence-electron chi connectivity index (χ1n) is 9.39. The standard InChI is InChI=1S/C19H24ClN5O/c20-15-7-8-18(25-13-21-12-22-25)16(10-15)23-19(26)11-24-9-3-5-14-4-1-2-6-17(14)24/h7-8,10,12-14,17H,1-6,9,11H2,(H,23,26)/t14-,17-/m0/s1. The molecule has 2 aromatic rings. The summed E-state index contributed by atoms with van der Waals surface area (Å²) in [5.41, 5.74) is 1.42. The summed E-state index contributed by atoms with van der Waals surface area (Å²) in [6, 6.07) is 5.95. The monoisotopic (exact) mass is 373 g/mol. The van der Waals surface area contributed by atoms with Crippen LogP contribution in [0.4, 0.5) is 5.69 Å². The third kappa shape index (κ3) is 3.76. The molecule has 1 saturated carbocycles. The number of carbonyl (C=O) groups is 1. The second kappa shape index (κ2) is 7.76. The molecule has 2 aliphatic rings. The smallest absolute Gasteiger partial charge is 0.238 e. The second-order valence-corrected chi connectivity index (χ2v) is 7.71. The molecule has 0 unspecified atom stereocenters. The number of nitrogens with one attached hydrogen (secondary N) is 1. The van der Waals surface area contributed by atoms with Gasteiger partial charge in [0.25, 0.3) is 0 Å². The van der Waals surface area contributed by atoms with E-state index in [1.54, 1.807) is 23.1 Å². The molecule has 2 atom stereocenters. The Bertz CT molecular complexity index is 761. The van der Waals surface area contributed by atoms with Crippen molar-refractivity contribution in [2.45, 2.75) is 44.6 Å². The van der Waals surface area contributed by atoms with E-state index in [4.69, 9.17) is 11.6 Å². The van der Waals surface area contributed by atoms with Crippen LogP contribution in [0.1, 0.15) is 38.5 Å². The second-order valence-electron chi connectivity index (χ2n) is 7.27. The molecule has 138 valence electrons. The number of hydrogen-bond acceptors (Lipinski definition) is 4. The van der Waals surface area contributed by atoms with Gasteiger partial charge in [-0.1, -0.05) is 24.4 Å². The van der Waals surface area contributed by atoms with Crippen molar-refractivity contribution in [1.82, 2.24) is 19.7 Å². The number of amides is 1. The summed E-state index contributed by atoms with van der Waals surface area (Å²) in [5, 5.41) is 7.76. The van der Waals surface area contributed by atoms with E-state index in [0.29, 0.717) is 23.3 Å². The van der Waals surface area contributed by atoms with Crippen LogP contribution in [0.2, 0.25) is 5.02 Å². The van der Waals surface area contributed by atoms with Crippen LogP contribution in [-0.4, -0.2) is 44.7 Å². The third-order valence-corrected chi connectivity index (χ3v) is 5.84. The van der Waals surface area contributed by atoms with Crippen LogP contribution in [0.25, 0.3) is 5.69 Å². The predicted octanol–water partition coefficient (Wildman–Crippen LogP) is 3.51. The number of aromatic nitrogens is 3. The van der Waals surface area contributed by atoms with Gasteiger partial charge in [0, 0.05) is 11.1 Å². The lowest BCUT2D eigenvalue weighted by Gasteiger charge is -2.43. The van der Waals surface area contributed by atoms with Crippen LogP contribution < -0.4 is 5.32 Å². The number of benzene rings is 1. The number of nitrogens with zero attached hydrogens (tertiary/aromatic N) is 4. The highest BCUT2D eigenvalue weighted by Crippen LogP contribution is 2.35. The number of piperidine rings is 1. The molecule has 2 heterocycles. The van der Waals surface area contributed by atoms with Gasteiger partial charge in [-0.3, -0.25) is 9.69 Å². The molecule has 0 bridgehead atoms. The van der Waals surface area contributed by atoms with Gasteiger partial charge in [0.1, 0.15) is 12.7 Å². The van der Waals surface area contributed by atoms with Gasteiger partial charge < -0.3 is 5.32 Å². The van der Waals surface area contributed by atoms with E-state index in [2.05, 4.69) is 20.3 Å². The highest BCUT2D eigenvalue weighted by atomic mass is 35.5. The third-order valence-electron chi connectivity index (χ3n) is 5.60. The molecule has 2 fully saturated rings. The molecule has 1 aliphatic carbocycles. The molecule has 26 heavy (non-hydrogen) atoms. The number of carbonyl (C=O) groups excluding carboxylic acids is 1. The van der Waals surface area contributed by atoms with Gasteiger partial charge in [0.2, 0.25) is 5.91 Å². The Morgan fingerprint density at radius 2 is 2.08 bits per heavy atom. The number of fused-ring (bicyclic) bond motifs is 1. The molecule has 7 heteroatoms. The van der Waals surface area contributed by atoms with Gasteiger partial charge in [-0.2, -0.15) is 5.10 Å². The molecule has 1 amide bonds. The number of rotatable bonds is 4. The van der Waals surface area contributed by atoms with Crippen LogP contribution in [0, 0.1) is 5.92 Å². The van der Waals surface area contributed by atoms with Crippen LogP contribution in [-0.2, 0) is 4.79 Å². The van der Waals surface area contributed by atoms with E-state index < -0.39 is 0 Å². The van der Waals surface area contributed by atoms with Gasteiger partial charge in [-0.15, -0.1) is 0 Å². The summed E-state index contributed by atoms with van der Waals surface area (Å²) >= 11 is 6.14. The van der Waals surface area contributed by atoms with Crippen LogP contribution in [0.15, 0.2) is 30.9 Å². The van der Waals surface area contributed by atoms with Crippen molar-refractivity contribution in [3.63, 3.8) is 0 Å². The lowest BCUT2D eigenvalue weighted by Crippen LogP contribution is -2.49. The Hall–Kier alpha value is -1.92. The first-order chi connectivity index (χ1) is 12.7. The maximum absolute atomic E-state index is 12.7. The summed E-state index contributed by atoms with van der Waals surface area (Å²) in [5.74, 6) is 0.766. The Morgan fingerprint density at radius 3 is 2.92 bits per heavy atom. The van der Waals surface area contributed by atoms with E-state index in [0.717, 1.165) is 18.2 Å². The maximum atomic E-state index is 12.7. The largest absolute Gasteiger partial charge is 0.323 e. The lowest BCUT2D eigenvalue weighted by atomic mass is 9.78. The van der Waals surface area contributed by atoms with Gasteiger partial charge in [0.15, 0.2) is 0 Å². The van der Waals surface area contributed by atoms with Crippen LogP contribution in [0.5, 0.6) is 0 Å². The average molecular weight is 374 g/mol. The van der Waals surface area contributed by atoms with Crippen LogP contribution >= 0.6 is 11.6 Å². The fourth-order valence-corrected chi connectivity index (χ4v) is 4.61. The van der Waals surface area contributed by atoms with Gasteiger partial charge >= 0.3 is 0 Å². The van der Waals surface area contributed by atoms with Crippen molar-refractivity contribution in [3.05, 3.63) is 35.9 Å². The van der Waals surface area contributed by atoms with E-state index in [1.165, 1.54) is 44.9 Å². The van der Waals surface area contributed by atoms with Crippen molar-refractivity contribution in [1.29, 1.82) is 0 Å². The Labute approximate surface area is 158 Å². The van der Waals surface area contributed by atoms with Gasteiger partial charge in [0.05, 0.1) is 17.9 Å². The molecular weight excluding hydrogens is 350 g/mol. The molecule has 1 saturated heterocycles. The molecule has 0 spiro atoms. The minimum atomic E-state index is -0.000134.